The zero-order valence-corrected chi connectivity index (χ0v) is 20.3. The van der Waals surface area contributed by atoms with Crippen LogP contribution in [-0.4, -0.2) is 11.9 Å². The summed E-state index contributed by atoms with van der Waals surface area (Å²) in [6.45, 7) is 5.77. The summed E-state index contributed by atoms with van der Waals surface area (Å²) in [6, 6.07) is 23.8. The zero-order valence-electron chi connectivity index (χ0n) is 19.5. The monoisotopic (exact) mass is 474 g/mol. The topological polar surface area (TPSA) is 66.5 Å². The molecule has 3 aromatic carbocycles. The van der Waals surface area contributed by atoms with Crippen LogP contribution in [0, 0.1) is 25.2 Å². The van der Waals surface area contributed by atoms with Gasteiger partial charge >= 0.3 is 5.63 Å². The molecule has 4 rings (SSSR count). The van der Waals surface area contributed by atoms with E-state index in [0.29, 0.717) is 29.1 Å². The standard InChI is InChI=1S/C28H26N2O3.ClH/c1-19-20(2)28(31)33-27-14-25(12-13-26(19)27)32-18-24-10-8-23(9-11-24)17-30(3)16-22-6-4-21(15-29)5-7-22;/h4-14H,16-18H2,1-3H3;1H. The summed E-state index contributed by atoms with van der Waals surface area (Å²) in [5.74, 6) is 0.667. The van der Waals surface area contributed by atoms with Gasteiger partial charge in [-0.1, -0.05) is 36.4 Å². The number of nitriles is 1. The van der Waals surface area contributed by atoms with E-state index >= 15 is 0 Å². The van der Waals surface area contributed by atoms with Crippen molar-refractivity contribution in [3.8, 4) is 11.8 Å². The highest BCUT2D eigenvalue weighted by Gasteiger charge is 2.09. The lowest BCUT2D eigenvalue weighted by Gasteiger charge is -2.17. The summed E-state index contributed by atoms with van der Waals surface area (Å²) in [5, 5.41) is 9.84. The maximum Gasteiger partial charge on any atom is 0.339 e. The average molecular weight is 475 g/mol. The number of ether oxygens (including phenoxy) is 1. The number of nitrogens with zero attached hydrogens (tertiary/aromatic N) is 2. The van der Waals surface area contributed by atoms with Gasteiger partial charge in [0.2, 0.25) is 0 Å². The molecule has 0 aliphatic carbocycles. The van der Waals surface area contributed by atoms with Crippen molar-refractivity contribution in [1.82, 2.24) is 4.90 Å². The molecular formula is C28H27ClN2O3. The minimum absolute atomic E-state index is 0. The molecule has 6 heteroatoms. The lowest BCUT2D eigenvalue weighted by atomic mass is 10.1. The quantitative estimate of drug-likeness (QED) is 0.311. The second kappa shape index (κ2) is 11.0. The molecule has 0 unspecified atom stereocenters. The second-order valence-corrected chi connectivity index (χ2v) is 8.38. The summed E-state index contributed by atoms with van der Waals surface area (Å²) >= 11 is 0. The van der Waals surface area contributed by atoms with Gasteiger partial charge in [-0.15, -0.1) is 12.4 Å². The molecule has 0 aliphatic rings. The molecule has 0 aliphatic heterocycles. The van der Waals surface area contributed by atoms with Gasteiger partial charge in [0, 0.05) is 30.1 Å². The zero-order chi connectivity index (χ0) is 23.4. The third kappa shape index (κ3) is 5.85. The first kappa shape index (κ1) is 25.0. The van der Waals surface area contributed by atoms with Crippen molar-refractivity contribution in [3.05, 3.63) is 111 Å². The van der Waals surface area contributed by atoms with Crippen molar-refractivity contribution in [2.24, 2.45) is 0 Å². The minimum atomic E-state index is -0.308. The largest absolute Gasteiger partial charge is 0.489 e. The van der Waals surface area contributed by atoms with Gasteiger partial charge in [0.1, 0.15) is 17.9 Å². The normalized spacial score (nSPS) is 10.7. The molecule has 0 bridgehead atoms. The summed E-state index contributed by atoms with van der Waals surface area (Å²) < 4.78 is 11.4. The van der Waals surface area contributed by atoms with Crippen LogP contribution in [0.4, 0.5) is 0 Å². The molecule has 0 atom stereocenters. The molecule has 5 nitrogen and oxygen atoms in total. The first-order valence-corrected chi connectivity index (χ1v) is 10.8. The Morgan fingerprint density at radius 3 is 2.09 bits per heavy atom. The van der Waals surface area contributed by atoms with Gasteiger partial charge in [-0.3, -0.25) is 4.90 Å². The number of hydrogen-bond donors (Lipinski definition) is 0. The Bertz CT molecular complexity index is 1370. The third-order valence-corrected chi connectivity index (χ3v) is 5.84. The van der Waals surface area contributed by atoms with E-state index in [1.807, 2.05) is 43.3 Å². The van der Waals surface area contributed by atoms with E-state index in [9.17, 15) is 4.79 Å². The lowest BCUT2D eigenvalue weighted by molar-refractivity contribution is 0.305. The Morgan fingerprint density at radius 2 is 1.47 bits per heavy atom. The number of hydrogen-bond acceptors (Lipinski definition) is 5. The summed E-state index contributed by atoms with van der Waals surface area (Å²) in [7, 11) is 2.08. The van der Waals surface area contributed by atoms with Crippen LogP contribution < -0.4 is 10.4 Å². The molecule has 0 amide bonds. The maximum absolute atomic E-state index is 12.0. The number of fused-ring (bicyclic) bond motifs is 1. The van der Waals surface area contributed by atoms with E-state index in [4.69, 9.17) is 14.4 Å². The van der Waals surface area contributed by atoms with Crippen LogP contribution in [0.25, 0.3) is 11.0 Å². The van der Waals surface area contributed by atoms with E-state index in [1.165, 1.54) is 11.1 Å². The number of aryl methyl sites for hydroxylation is 1. The Morgan fingerprint density at radius 1 is 0.882 bits per heavy atom. The molecule has 34 heavy (non-hydrogen) atoms. The van der Waals surface area contributed by atoms with E-state index in [2.05, 4.69) is 42.3 Å². The molecule has 0 fully saturated rings. The molecule has 1 aromatic heterocycles. The highest BCUT2D eigenvalue weighted by atomic mass is 35.5. The van der Waals surface area contributed by atoms with E-state index < -0.39 is 0 Å². The maximum atomic E-state index is 12.0. The van der Waals surface area contributed by atoms with Crippen LogP contribution in [0.5, 0.6) is 5.75 Å². The van der Waals surface area contributed by atoms with Crippen molar-refractivity contribution in [2.75, 3.05) is 7.05 Å². The van der Waals surface area contributed by atoms with E-state index in [0.717, 1.165) is 29.6 Å². The number of halogens is 1. The van der Waals surface area contributed by atoms with Gasteiger partial charge in [0.15, 0.2) is 0 Å². The molecule has 0 radical (unpaired) electrons. The molecule has 0 spiro atoms. The van der Waals surface area contributed by atoms with Gasteiger partial charge in [0.05, 0.1) is 11.6 Å². The molecule has 1 heterocycles. The number of rotatable bonds is 7. The lowest BCUT2D eigenvalue weighted by Crippen LogP contribution is -2.17. The minimum Gasteiger partial charge on any atom is -0.489 e. The van der Waals surface area contributed by atoms with Crippen LogP contribution in [0.1, 0.15) is 33.4 Å². The smallest absolute Gasteiger partial charge is 0.339 e. The molecule has 0 saturated heterocycles. The Hall–Kier alpha value is -3.59. The highest BCUT2D eigenvalue weighted by molar-refractivity contribution is 5.85. The van der Waals surface area contributed by atoms with Crippen LogP contribution >= 0.6 is 12.4 Å². The van der Waals surface area contributed by atoms with Crippen molar-refractivity contribution >= 4 is 23.4 Å². The fourth-order valence-electron chi connectivity index (χ4n) is 3.79. The summed E-state index contributed by atoms with van der Waals surface area (Å²) in [5.41, 5.74) is 5.95. The van der Waals surface area contributed by atoms with Gasteiger partial charge in [0.25, 0.3) is 0 Å². The van der Waals surface area contributed by atoms with Crippen molar-refractivity contribution in [1.29, 1.82) is 5.26 Å². The fraction of sp³-hybridized carbons (Fsp3) is 0.214. The SMILES string of the molecule is Cc1c(C)c2ccc(OCc3ccc(CN(C)Cc4ccc(C#N)cc4)cc3)cc2oc1=O.Cl. The van der Waals surface area contributed by atoms with Crippen molar-refractivity contribution in [3.63, 3.8) is 0 Å². The molecule has 174 valence electrons. The highest BCUT2D eigenvalue weighted by Crippen LogP contribution is 2.24. The van der Waals surface area contributed by atoms with E-state index in [-0.39, 0.29) is 18.0 Å². The van der Waals surface area contributed by atoms with Gasteiger partial charge in [-0.05, 0) is 67.4 Å². The molecule has 0 N–H and O–H groups in total. The Balaban J connectivity index is 0.00000324. The summed E-state index contributed by atoms with van der Waals surface area (Å²) in [6.07, 6.45) is 0. The van der Waals surface area contributed by atoms with Crippen molar-refractivity contribution in [2.45, 2.75) is 33.5 Å². The Kier molecular flexibility index (Phi) is 8.12. The Labute approximate surface area is 205 Å². The van der Waals surface area contributed by atoms with Gasteiger partial charge in [-0.2, -0.15) is 5.26 Å². The van der Waals surface area contributed by atoms with Crippen LogP contribution in [-0.2, 0) is 19.7 Å². The number of benzene rings is 3. The fourth-order valence-corrected chi connectivity index (χ4v) is 3.79. The van der Waals surface area contributed by atoms with E-state index in [1.54, 1.807) is 13.0 Å². The van der Waals surface area contributed by atoms with Gasteiger partial charge in [-0.25, -0.2) is 4.79 Å². The first-order chi connectivity index (χ1) is 15.9. The predicted molar refractivity (Wildman–Crippen MR) is 136 cm³/mol. The van der Waals surface area contributed by atoms with Gasteiger partial charge < -0.3 is 9.15 Å². The van der Waals surface area contributed by atoms with Crippen LogP contribution in [0.2, 0.25) is 0 Å². The average Bonchev–Trinajstić information content (AvgIpc) is 2.82. The summed E-state index contributed by atoms with van der Waals surface area (Å²) in [4.78, 5) is 14.2. The molecule has 0 saturated carbocycles. The van der Waals surface area contributed by atoms with Crippen molar-refractivity contribution < 1.29 is 9.15 Å². The molecule has 4 aromatic rings. The second-order valence-electron chi connectivity index (χ2n) is 8.38. The van der Waals surface area contributed by atoms with Crippen LogP contribution in [0.3, 0.4) is 0 Å². The first-order valence-electron chi connectivity index (χ1n) is 10.8. The third-order valence-electron chi connectivity index (χ3n) is 5.84. The predicted octanol–water partition coefficient (Wildman–Crippen LogP) is 5.91. The van der Waals surface area contributed by atoms with Crippen LogP contribution in [0.15, 0.2) is 75.9 Å². The molecular weight excluding hydrogens is 448 g/mol.